The fourth-order valence-corrected chi connectivity index (χ4v) is 2.06. The van der Waals surface area contributed by atoms with Gasteiger partial charge < -0.3 is 14.7 Å². The van der Waals surface area contributed by atoms with Gasteiger partial charge >= 0.3 is 0 Å². The molecule has 3 aromatic heterocycles. The lowest BCUT2D eigenvalue weighted by Crippen LogP contribution is -2.06. The molecule has 0 aromatic carbocycles. The van der Waals surface area contributed by atoms with E-state index in [0.717, 1.165) is 17.0 Å². The van der Waals surface area contributed by atoms with Gasteiger partial charge in [-0.3, -0.25) is 0 Å². The third-order valence-electron chi connectivity index (χ3n) is 3.12. The van der Waals surface area contributed by atoms with Crippen LogP contribution in [0.1, 0.15) is 18.7 Å². The van der Waals surface area contributed by atoms with Gasteiger partial charge in [-0.15, -0.1) is 0 Å². The summed E-state index contributed by atoms with van der Waals surface area (Å²) in [7, 11) is 0. The van der Waals surface area contributed by atoms with Gasteiger partial charge in [0.1, 0.15) is 11.6 Å². The van der Waals surface area contributed by atoms with Crippen LogP contribution in [0.25, 0.3) is 11.3 Å². The molecule has 3 rings (SSSR count). The minimum atomic E-state index is 0.0741. The predicted octanol–water partition coefficient (Wildman–Crippen LogP) is 2.73. The lowest BCUT2D eigenvalue weighted by molar-refractivity contribution is 0.447. The standard InChI is InChI=1S/C14H14N4O/c1-10(13-3-2-6-19-13)18-9-16-8-12(18)11-4-5-14(15)17-7-11/h2-10H,1H3,(H2,15,17). The van der Waals surface area contributed by atoms with Crippen LogP contribution in [0, 0.1) is 0 Å². The Bertz CT molecular complexity index is 655. The fraction of sp³-hybridized carbons (Fsp3) is 0.143. The molecule has 5 heteroatoms. The van der Waals surface area contributed by atoms with Gasteiger partial charge in [-0.05, 0) is 31.2 Å². The quantitative estimate of drug-likeness (QED) is 0.780. The highest BCUT2D eigenvalue weighted by Crippen LogP contribution is 2.26. The van der Waals surface area contributed by atoms with E-state index < -0.39 is 0 Å². The van der Waals surface area contributed by atoms with Crippen LogP contribution in [-0.4, -0.2) is 14.5 Å². The highest BCUT2D eigenvalue weighted by Gasteiger charge is 2.15. The second kappa shape index (κ2) is 4.61. The molecule has 0 aliphatic carbocycles. The van der Waals surface area contributed by atoms with E-state index in [9.17, 15) is 0 Å². The number of hydrogen-bond acceptors (Lipinski definition) is 4. The van der Waals surface area contributed by atoms with E-state index in [2.05, 4.69) is 16.9 Å². The Morgan fingerprint density at radius 2 is 2.16 bits per heavy atom. The summed E-state index contributed by atoms with van der Waals surface area (Å²) in [6.07, 6.45) is 7.02. The van der Waals surface area contributed by atoms with Gasteiger partial charge in [0.2, 0.25) is 0 Å². The molecule has 0 radical (unpaired) electrons. The van der Waals surface area contributed by atoms with E-state index in [4.69, 9.17) is 10.2 Å². The highest BCUT2D eigenvalue weighted by atomic mass is 16.3. The van der Waals surface area contributed by atoms with E-state index in [1.54, 1.807) is 24.9 Å². The van der Waals surface area contributed by atoms with E-state index in [0.29, 0.717) is 5.82 Å². The number of nitrogens with two attached hydrogens (primary N) is 1. The Balaban J connectivity index is 2.01. The normalized spacial score (nSPS) is 12.5. The van der Waals surface area contributed by atoms with Crippen LogP contribution in [0.5, 0.6) is 0 Å². The average molecular weight is 254 g/mol. The SMILES string of the molecule is CC(c1ccco1)n1cncc1-c1ccc(N)nc1. The largest absolute Gasteiger partial charge is 0.467 e. The molecule has 3 heterocycles. The average Bonchev–Trinajstić information content (AvgIpc) is 3.10. The summed E-state index contributed by atoms with van der Waals surface area (Å²) in [5.74, 6) is 1.40. The number of hydrogen-bond donors (Lipinski definition) is 1. The summed E-state index contributed by atoms with van der Waals surface area (Å²) in [6, 6.07) is 7.63. The monoisotopic (exact) mass is 254 g/mol. The van der Waals surface area contributed by atoms with Gasteiger partial charge in [0, 0.05) is 11.8 Å². The van der Waals surface area contributed by atoms with Crippen LogP contribution >= 0.6 is 0 Å². The molecule has 1 unspecified atom stereocenters. The number of anilines is 1. The summed E-state index contributed by atoms with van der Waals surface area (Å²) < 4.78 is 7.49. The number of aromatic nitrogens is 3. The first-order chi connectivity index (χ1) is 9.25. The zero-order valence-electron chi connectivity index (χ0n) is 10.5. The summed E-state index contributed by atoms with van der Waals surface area (Å²) in [4.78, 5) is 8.33. The molecule has 96 valence electrons. The molecule has 0 saturated carbocycles. The Hall–Kier alpha value is -2.56. The molecule has 3 aromatic rings. The topological polar surface area (TPSA) is 69.9 Å². The van der Waals surface area contributed by atoms with Crippen molar-refractivity contribution in [1.82, 2.24) is 14.5 Å². The molecular weight excluding hydrogens is 240 g/mol. The molecule has 2 N–H and O–H groups in total. The number of furan rings is 1. The van der Waals surface area contributed by atoms with E-state index >= 15 is 0 Å². The molecule has 0 bridgehead atoms. The van der Waals surface area contributed by atoms with Crippen molar-refractivity contribution >= 4 is 5.82 Å². The minimum Gasteiger partial charge on any atom is -0.467 e. The second-order valence-corrected chi connectivity index (χ2v) is 4.35. The molecule has 1 atom stereocenters. The minimum absolute atomic E-state index is 0.0741. The molecule has 5 nitrogen and oxygen atoms in total. The predicted molar refractivity (Wildman–Crippen MR) is 72.4 cm³/mol. The fourth-order valence-electron chi connectivity index (χ4n) is 2.06. The van der Waals surface area contributed by atoms with Crippen LogP contribution in [-0.2, 0) is 0 Å². The molecule has 0 fully saturated rings. The third-order valence-corrected chi connectivity index (χ3v) is 3.12. The first kappa shape index (κ1) is 11.5. The highest BCUT2D eigenvalue weighted by molar-refractivity contribution is 5.59. The maximum absolute atomic E-state index is 5.61. The number of imidazole rings is 1. The lowest BCUT2D eigenvalue weighted by atomic mass is 10.2. The van der Waals surface area contributed by atoms with Crippen molar-refractivity contribution in [3.8, 4) is 11.3 Å². The first-order valence-electron chi connectivity index (χ1n) is 6.03. The summed E-state index contributed by atoms with van der Waals surface area (Å²) in [5, 5.41) is 0. The van der Waals surface area contributed by atoms with Crippen LogP contribution in [0.15, 0.2) is 53.7 Å². The molecule has 19 heavy (non-hydrogen) atoms. The Morgan fingerprint density at radius 1 is 1.26 bits per heavy atom. The third kappa shape index (κ3) is 2.10. The molecule has 0 saturated heterocycles. The van der Waals surface area contributed by atoms with Crippen molar-refractivity contribution in [2.45, 2.75) is 13.0 Å². The van der Waals surface area contributed by atoms with Gasteiger partial charge in [-0.25, -0.2) is 9.97 Å². The number of nitrogens with zero attached hydrogens (tertiary/aromatic N) is 3. The van der Waals surface area contributed by atoms with Gasteiger partial charge in [0.15, 0.2) is 0 Å². The summed E-state index contributed by atoms with van der Waals surface area (Å²) in [6.45, 7) is 2.06. The van der Waals surface area contributed by atoms with Crippen molar-refractivity contribution in [2.75, 3.05) is 5.73 Å². The Morgan fingerprint density at radius 3 is 2.84 bits per heavy atom. The molecule has 0 amide bonds. The second-order valence-electron chi connectivity index (χ2n) is 4.35. The van der Waals surface area contributed by atoms with Crippen LogP contribution in [0.3, 0.4) is 0 Å². The van der Waals surface area contributed by atoms with Gasteiger partial charge in [0.05, 0.1) is 30.5 Å². The smallest absolute Gasteiger partial charge is 0.126 e. The summed E-state index contributed by atoms with van der Waals surface area (Å²) in [5.41, 5.74) is 7.57. The van der Waals surface area contributed by atoms with Crippen molar-refractivity contribution in [3.05, 3.63) is 55.0 Å². The summed E-state index contributed by atoms with van der Waals surface area (Å²) >= 11 is 0. The van der Waals surface area contributed by atoms with Crippen molar-refractivity contribution in [1.29, 1.82) is 0 Å². The lowest BCUT2D eigenvalue weighted by Gasteiger charge is -2.14. The van der Waals surface area contributed by atoms with Gasteiger partial charge in [0.25, 0.3) is 0 Å². The van der Waals surface area contributed by atoms with Crippen LogP contribution in [0.4, 0.5) is 5.82 Å². The number of pyridine rings is 1. The van der Waals surface area contributed by atoms with E-state index in [1.807, 2.05) is 29.0 Å². The number of rotatable bonds is 3. The van der Waals surface area contributed by atoms with Crippen molar-refractivity contribution < 1.29 is 4.42 Å². The van der Waals surface area contributed by atoms with Crippen molar-refractivity contribution in [3.63, 3.8) is 0 Å². The maximum atomic E-state index is 5.61. The molecule has 0 aliphatic heterocycles. The first-order valence-corrected chi connectivity index (χ1v) is 6.03. The maximum Gasteiger partial charge on any atom is 0.126 e. The number of nitrogen functional groups attached to an aromatic ring is 1. The molecular formula is C14H14N4O. The van der Waals surface area contributed by atoms with E-state index in [-0.39, 0.29) is 6.04 Å². The molecule has 0 spiro atoms. The van der Waals surface area contributed by atoms with Gasteiger partial charge in [-0.1, -0.05) is 0 Å². The Labute approximate surface area is 110 Å². The zero-order valence-corrected chi connectivity index (χ0v) is 10.5. The van der Waals surface area contributed by atoms with Crippen molar-refractivity contribution in [2.24, 2.45) is 0 Å². The van der Waals surface area contributed by atoms with Gasteiger partial charge in [-0.2, -0.15) is 0 Å². The Kier molecular flexibility index (Phi) is 2.79. The molecule has 0 aliphatic rings. The zero-order chi connectivity index (χ0) is 13.2. The van der Waals surface area contributed by atoms with Crippen LogP contribution < -0.4 is 5.73 Å². The van der Waals surface area contributed by atoms with Crippen LogP contribution in [0.2, 0.25) is 0 Å². The van der Waals surface area contributed by atoms with E-state index in [1.165, 1.54) is 0 Å².